The number of hydrogen-bond acceptors (Lipinski definition) is 3. The monoisotopic (exact) mass is 389 g/mol. The first kappa shape index (κ1) is 17.8. The molecule has 0 aliphatic carbocycles. The molecule has 0 unspecified atom stereocenters. The molecule has 0 amide bonds. The highest BCUT2D eigenvalue weighted by atomic mass is 35.5. The van der Waals surface area contributed by atoms with Gasteiger partial charge in [0, 0.05) is 25.1 Å². The van der Waals surface area contributed by atoms with Gasteiger partial charge in [0.05, 0.1) is 16.9 Å². The Labute approximate surface area is 159 Å². The maximum Gasteiger partial charge on any atom is 0.417 e. The van der Waals surface area contributed by atoms with Crippen molar-refractivity contribution in [2.45, 2.75) is 19.1 Å². The zero-order valence-electron chi connectivity index (χ0n) is 14.2. The van der Waals surface area contributed by atoms with Crippen LogP contribution in [0, 0.1) is 0 Å². The Balaban J connectivity index is 1.72. The number of rotatable bonds is 3. The second-order valence-electron chi connectivity index (χ2n) is 6.33. The van der Waals surface area contributed by atoms with Crippen molar-refractivity contribution in [3.05, 3.63) is 76.6 Å². The van der Waals surface area contributed by atoms with E-state index in [9.17, 15) is 13.2 Å². The molecule has 2 heterocycles. The van der Waals surface area contributed by atoms with Crippen molar-refractivity contribution in [2.75, 3.05) is 11.4 Å². The van der Waals surface area contributed by atoms with E-state index in [2.05, 4.69) is 14.9 Å². The Hall–Kier alpha value is -2.60. The summed E-state index contributed by atoms with van der Waals surface area (Å²) in [5.41, 5.74) is 1.68. The summed E-state index contributed by atoms with van der Waals surface area (Å²) in [6.45, 7) is 1.35. The third kappa shape index (κ3) is 3.49. The first-order valence-electron chi connectivity index (χ1n) is 8.45. The highest BCUT2D eigenvalue weighted by Crippen LogP contribution is 2.39. The maximum absolute atomic E-state index is 13.3. The summed E-state index contributed by atoms with van der Waals surface area (Å²) < 4.78 is 39.9. The molecule has 7 heteroatoms. The van der Waals surface area contributed by atoms with Crippen molar-refractivity contribution < 1.29 is 13.2 Å². The fourth-order valence-corrected chi connectivity index (χ4v) is 3.63. The second-order valence-corrected chi connectivity index (χ2v) is 6.69. The van der Waals surface area contributed by atoms with Crippen LogP contribution in [0.4, 0.5) is 18.9 Å². The van der Waals surface area contributed by atoms with Crippen molar-refractivity contribution in [2.24, 2.45) is 0 Å². The molecule has 0 N–H and O–H groups in total. The average molecular weight is 390 g/mol. The van der Waals surface area contributed by atoms with Crippen LogP contribution in [0.5, 0.6) is 0 Å². The largest absolute Gasteiger partial charge is 0.417 e. The van der Waals surface area contributed by atoms with Crippen LogP contribution in [0.2, 0.25) is 5.15 Å². The molecule has 0 spiro atoms. The van der Waals surface area contributed by atoms with Gasteiger partial charge in [-0.05, 0) is 11.6 Å². The Morgan fingerprint density at radius 3 is 2.41 bits per heavy atom. The van der Waals surface area contributed by atoms with Crippen LogP contribution in [0.1, 0.15) is 16.8 Å². The standard InChI is InChI=1S/C20H15ClF3N3/c21-18-17-16(10-11-27(17)12-13-6-2-1-3-7-13)25-19(26-18)14-8-4-5-9-15(14)20(22,23)24/h1-9H,10-12H2. The molecule has 138 valence electrons. The minimum absolute atomic E-state index is 0.00763. The zero-order valence-corrected chi connectivity index (χ0v) is 14.9. The van der Waals surface area contributed by atoms with Gasteiger partial charge in [0.15, 0.2) is 11.0 Å². The van der Waals surface area contributed by atoms with Gasteiger partial charge in [-0.1, -0.05) is 60.1 Å². The molecule has 4 rings (SSSR count). The number of halogens is 4. The van der Waals surface area contributed by atoms with Gasteiger partial charge in [-0.25, -0.2) is 9.97 Å². The van der Waals surface area contributed by atoms with Crippen LogP contribution in [-0.4, -0.2) is 16.5 Å². The topological polar surface area (TPSA) is 29.0 Å². The van der Waals surface area contributed by atoms with Crippen LogP contribution in [0.15, 0.2) is 54.6 Å². The fourth-order valence-electron chi connectivity index (χ4n) is 3.32. The van der Waals surface area contributed by atoms with E-state index in [0.29, 0.717) is 30.9 Å². The molecule has 3 nitrogen and oxygen atoms in total. The summed E-state index contributed by atoms with van der Waals surface area (Å²) in [7, 11) is 0. The lowest BCUT2D eigenvalue weighted by molar-refractivity contribution is -0.137. The summed E-state index contributed by atoms with van der Waals surface area (Å²) in [4.78, 5) is 10.7. The van der Waals surface area contributed by atoms with E-state index in [1.165, 1.54) is 18.2 Å². The van der Waals surface area contributed by atoms with Crippen LogP contribution >= 0.6 is 11.6 Å². The highest BCUT2D eigenvalue weighted by Gasteiger charge is 2.35. The number of anilines is 1. The molecule has 0 atom stereocenters. The van der Waals surface area contributed by atoms with Gasteiger partial charge in [-0.2, -0.15) is 13.2 Å². The third-order valence-electron chi connectivity index (χ3n) is 4.54. The van der Waals surface area contributed by atoms with Crippen molar-refractivity contribution in [3.8, 4) is 11.4 Å². The van der Waals surface area contributed by atoms with Crippen molar-refractivity contribution in [1.82, 2.24) is 9.97 Å². The first-order chi connectivity index (χ1) is 12.9. The normalized spacial score (nSPS) is 13.7. The van der Waals surface area contributed by atoms with Crippen LogP contribution in [-0.2, 0) is 19.1 Å². The van der Waals surface area contributed by atoms with Gasteiger partial charge < -0.3 is 4.90 Å². The quantitative estimate of drug-likeness (QED) is 0.563. The predicted octanol–water partition coefficient (Wildman–Crippen LogP) is 5.38. The van der Waals surface area contributed by atoms with Gasteiger partial charge in [-0.15, -0.1) is 0 Å². The fraction of sp³-hybridized carbons (Fsp3) is 0.200. The van der Waals surface area contributed by atoms with E-state index < -0.39 is 11.7 Å². The molecule has 1 aromatic heterocycles. The summed E-state index contributed by atoms with van der Waals surface area (Å²) in [5, 5.41) is 0.181. The minimum atomic E-state index is -4.48. The summed E-state index contributed by atoms with van der Waals surface area (Å²) in [6, 6.07) is 15.2. The lowest BCUT2D eigenvalue weighted by Gasteiger charge is -2.20. The Bertz CT molecular complexity index is 974. The molecule has 0 saturated heterocycles. The highest BCUT2D eigenvalue weighted by molar-refractivity contribution is 6.32. The minimum Gasteiger partial charge on any atom is -0.363 e. The second kappa shape index (κ2) is 6.85. The van der Waals surface area contributed by atoms with E-state index in [1.54, 1.807) is 0 Å². The van der Waals surface area contributed by atoms with Crippen LogP contribution < -0.4 is 4.90 Å². The van der Waals surface area contributed by atoms with E-state index >= 15 is 0 Å². The van der Waals surface area contributed by atoms with Gasteiger partial charge in [-0.3, -0.25) is 0 Å². The lowest BCUT2D eigenvalue weighted by atomic mass is 10.1. The van der Waals surface area contributed by atoms with Crippen LogP contribution in [0.25, 0.3) is 11.4 Å². The number of aromatic nitrogens is 2. The summed E-state index contributed by atoms with van der Waals surface area (Å²) >= 11 is 6.38. The molecule has 3 aromatic rings. The maximum atomic E-state index is 13.3. The first-order valence-corrected chi connectivity index (χ1v) is 8.83. The third-order valence-corrected chi connectivity index (χ3v) is 4.80. The van der Waals surface area contributed by atoms with Gasteiger partial charge in [0.1, 0.15) is 0 Å². The van der Waals surface area contributed by atoms with E-state index in [-0.39, 0.29) is 16.5 Å². The Kier molecular flexibility index (Phi) is 4.52. The predicted molar refractivity (Wildman–Crippen MR) is 98.7 cm³/mol. The van der Waals surface area contributed by atoms with E-state index in [0.717, 1.165) is 11.6 Å². The average Bonchev–Trinajstić information content (AvgIpc) is 3.05. The molecule has 0 fully saturated rings. The molecule has 1 aliphatic heterocycles. The molecule has 0 radical (unpaired) electrons. The smallest absolute Gasteiger partial charge is 0.363 e. The molecular formula is C20H15ClF3N3. The number of benzene rings is 2. The SMILES string of the molecule is FC(F)(F)c1ccccc1-c1nc(Cl)c2c(n1)CCN2Cc1ccccc1. The zero-order chi connectivity index (χ0) is 19.0. The summed E-state index contributed by atoms with van der Waals surface area (Å²) in [5.74, 6) is 0.00763. The number of nitrogens with zero attached hydrogens (tertiary/aromatic N) is 3. The van der Waals surface area contributed by atoms with E-state index in [1.807, 2.05) is 30.3 Å². The Morgan fingerprint density at radius 1 is 0.963 bits per heavy atom. The number of fused-ring (bicyclic) bond motifs is 1. The molecule has 2 aromatic carbocycles. The van der Waals surface area contributed by atoms with Crippen molar-refractivity contribution in [1.29, 1.82) is 0 Å². The molecule has 0 saturated carbocycles. The molecule has 27 heavy (non-hydrogen) atoms. The lowest BCUT2D eigenvalue weighted by Crippen LogP contribution is -2.20. The van der Waals surface area contributed by atoms with Gasteiger partial charge >= 0.3 is 6.18 Å². The number of alkyl halides is 3. The van der Waals surface area contributed by atoms with E-state index in [4.69, 9.17) is 11.6 Å². The number of hydrogen-bond donors (Lipinski definition) is 0. The van der Waals surface area contributed by atoms with Crippen molar-refractivity contribution in [3.63, 3.8) is 0 Å². The molecular weight excluding hydrogens is 375 g/mol. The van der Waals surface area contributed by atoms with Gasteiger partial charge in [0.25, 0.3) is 0 Å². The molecule has 0 bridgehead atoms. The summed E-state index contributed by atoms with van der Waals surface area (Å²) in [6.07, 6.45) is -3.86. The Morgan fingerprint density at radius 2 is 1.67 bits per heavy atom. The molecule has 1 aliphatic rings. The van der Waals surface area contributed by atoms with Gasteiger partial charge in [0.2, 0.25) is 0 Å². The van der Waals surface area contributed by atoms with Crippen LogP contribution in [0.3, 0.4) is 0 Å². The van der Waals surface area contributed by atoms with Crippen molar-refractivity contribution >= 4 is 17.3 Å².